The van der Waals surface area contributed by atoms with Crippen molar-refractivity contribution in [3.05, 3.63) is 54.6 Å². The van der Waals surface area contributed by atoms with Gasteiger partial charge in [0.2, 0.25) is 0 Å². The minimum atomic E-state index is -0.951. The summed E-state index contributed by atoms with van der Waals surface area (Å²) in [5, 5.41) is 0. The molecule has 0 N–H and O–H groups in total. The molecule has 0 aliphatic rings. The van der Waals surface area contributed by atoms with Gasteiger partial charge < -0.3 is 0 Å². The van der Waals surface area contributed by atoms with Crippen molar-refractivity contribution >= 4 is 20.0 Å². The predicted molar refractivity (Wildman–Crippen MR) is 58.0 cm³/mol. The molecule has 0 aliphatic heterocycles. The molecule has 0 fully saturated rings. The Labute approximate surface area is 89.7 Å². The van der Waals surface area contributed by atoms with Crippen LogP contribution in [-0.4, -0.2) is 15.7 Å². The fourth-order valence-corrected chi connectivity index (χ4v) is 2.36. The summed E-state index contributed by atoms with van der Waals surface area (Å²) < 4.78 is 12.0. The van der Waals surface area contributed by atoms with Crippen molar-refractivity contribution < 1.29 is 3.74 Å². The molecule has 2 rings (SSSR count). The van der Waals surface area contributed by atoms with Crippen LogP contribution in [0.15, 0.2) is 54.6 Å². The summed E-state index contributed by atoms with van der Waals surface area (Å²) in [6, 6.07) is 17.9. The Bertz CT molecular complexity index is 437. The molecule has 0 spiro atoms. The van der Waals surface area contributed by atoms with E-state index >= 15 is 0 Å². The third-order valence-electron chi connectivity index (χ3n) is 2.09. The van der Waals surface area contributed by atoms with Gasteiger partial charge in [-0.05, 0) is 0 Å². The molecule has 2 aromatic rings. The second-order valence-electron chi connectivity index (χ2n) is 2.97. The molecule has 2 aromatic carbocycles. The van der Waals surface area contributed by atoms with E-state index in [9.17, 15) is 3.74 Å². The van der Waals surface area contributed by atoms with Gasteiger partial charge in [-0.3, -0.25) is 0 Å². The first-order valence-electron chi connectivity index (χ1n) is 4.39. The summed E-state index contributed by atoms with van der Waals surface area (Å²) in [5.41, 5.74) is 2.22. The quantitative estimate of drug-likeness (QED) is 0.739. The van der Waals surface area contributed by atoms with E-state index in [2.05, 4.69) is 0 Å². The second-order valence-corrected chi connectivity index (χ2v) is 4.37. The van der Waals surface area contributed by atoms with Crippen LogP contribution in [0.2, 0.25) is 0 Å². The average molecular weight is 244 g/mol. The Morgan fingerprint density at radius 1 is 0.786 bits per heavy atom. The van der Waals surface area contributed by atoms with E-state index in [1.165, 1.54) is 0 Å². The van der Waals surface area contributed by atoms with Gasteiger partial charge >= 0.3 is 89.5 Å². The molecule has 0 amide bonds. The summed E-state index contributed by atoms with van der Waals surface area (Å²) in [6.45, 7) is 0. The Kier molecular flexibility index (Phi) is 2.90. The molecule has 0 unspecified atom stereocenters. The fourth-order valence-electron chi connectivity index (χ4n) is 1.42. The normalized spacial score (nSPS) is 10.3. The van der Waals surface area contributed by atoms with E-state index in [1.54, 1.807) is 0 Å². The number of hydrogen-bond donors (Lipinski definition) is 0. The second kappa shape index (κ2) is 4.34. The van der Waals surface area contributed by atoms with Gasteiger partial charge in [0.15, 0.2) is 0 Å². The van der Waals surface area contributed by atoms with Gasteiger partial charge in [0.1, 0.15) is 0 Å². The van der Waals surface area contributed by atoms with Crippen molar-refractivity contribution in [1.29, 1.82) is 0 Å². The standard InChI is InChI=1S/C12H9AsO/c14-13-12-9-5-4-8-11(12)10-6-2-1-3-7-10/h1-9H. The zero-order chi connectivity index (χ0) is 9.80. The maximum absolute atomic E-state index is 11.0. The van der Waals surface area contributed by atoms with Crippen molar-refractivity contribution in [2.24, 2.45) is 0 Å². The Morgan fingerprint density at radius 3 is 2.14 bits per heavy atom. The zero-order valence-corrected chi connectivity index (χ0v) is 9.43. The van der Waals surface area contributed by atoms with Gasteiger partial charge in [0.05, 0.1) is 0 Å². The molecule has 0 saturated heterocycles. The van der Waals surface area contributed by atoms with Crippen LogP contribution < -0.4 is 4.35 Å². The first-order valence-corrected chi connectivity index (χ1v) is 6.10. The van der Waals surface area contributed by atoms with E-state index in [4.69, 9.17) is 0 Å². The fraction of sp³-hybridized carbons (Fsp3) is 0. The van der Waals surface area contributed by atoms with Crippen molar-refractivity contribution in [3.63, 3.8) is 0 Å². The molecule has 1 nitrogen and oxygen atoms in total. The molecule has 0 bridgehead atoms. The molecule has 14 heavy (non-hydrogen) atoms. The van der Waals surface area contributed by atoms with Crippen LogP contribution in [0, 0.1) is 0 Å². The van der Waals surface area contributed by atoms with Crippen LogP contribution in [0.25, 0.3) is 11.1 Å². The number of rotatable bonds is 2. The summed E-state index contributed by atoms with van der Waals surface area (Å²) >= 11 is -0.951. The van der Waals surface area contributed by atoms with Crippen LogP contribution >= 0.6 is 0 Å². The molecular formula is C12H9AsO. The third-order valence-corrected chi connectivity index (χ3v) is 3.32. The van der Waals surface area contributed by atoms with Gasteiger partial charge in [-0.15, -0.1) is 0 Å². The molecule has 0 heterocycles. The van der Waals surface area contributed by atoms with Gasteiger partial charge in [-0.1, -0.05) is 0 Å². The Hall–Kier alpha value is -1.20. The number of hydrogen-bond acceptors (Lipinski definition) is 1. The van der Waals surface area contributed by atoms with Crippen molar-refractivity contribution in [3.8, 4) is 11.1 Å². The van der Waals surface area contributed by atoms with Crippen LogP contribution in [0.5, 0.6) is 0 Å². The van der Waals surface area contributed by atoms with E-state index in [-0.39, 0.29) is 0 Å². The van der Waals surface area contributed by atoms with Crippen molar-refractivity contribution in [2.45, 2.75) is 0 Å². The Morgan fingerprint density at radius 2 is 1.43 bits per heavy atom. The third kappa shape index (κ3) is 1.83. The number of benzene rings is 2. The van der Waals surface area contributed by atoms with Crippen LogP contribution in [0.1, 0.15) is 0 Å². The maximum atomic E-state index is 11.0. The van der Waals surface area contributed by atoms with Gasteiger partial charge in [0.25, 0.3) is 0 Å². The van der Waals surface area contributed by atoms with E-state index < -0.39 is 15.7 Å². The SMILES string of the molecule is O=[As]c1ccccc1-c1ccccc1. The topological polar surface area (TPSA) is 17.1 Å². The van der Waals surface area contributed by atoms with E-state index in [0.717, 1.165) is 15.5 Å². The monoisotopic (exact) mass is 244 g/mol. The summed E-state index contributed by atoms with van der Waals surface area (Å²) in [7, 11) is 0. The molecule has 0 saturated carbocycles. The molecule has 2 heteroatoms. The molecule has 0 atom stereocenters. The summed E-state index contributed by atoms with van der Waals surface area (Å²) in [4.78, 5) is 0. The van der Waals surface area contributed by atoms with Gasteiger partial charge in [0, 0.05) is 0 Å². The molecule has 0 radical (unpaired) electrons. The summed E-state index contributed by atoms with van der Waals surface area (Å²) in [6.07, 6.45) is 0. The zero-order valence-electron chi connectivity index (χ0n) is 7.55. The Balaban J connectivity index is 2.57. The van der Waals surface area contributed by atoms with Crippen molar-refractivity contribution in [2.75, 3.05) is 0 Å². The summed E-state index contributed by atoms with van der Waals surface area (Å²) in [5.74, 6) is 0. The van der Waals surface area contributed by atoms with Crippen molar-refractivity contribution in [1.82, 2.24) is 0 Å². The molecular weight excluding hydrogens is 235 g/mol. The minimum absolute atomic E-state index is 0.951. The van der Waals surface area contributed by atoms with Crippen LogP contribution in [0.4, 0.5) is 0 Å². The molecule has 0 aromatic heterocycles. The first kappa shape index (κ1) is 9.36. The van der Waals surface area contributed by atoms with Crippen LogP contribution in [-0.2, 0) is 3.74 Å². The predicted octanol–water partition coefficient (Wildman–Crippen LogP) is 2.03. The molecule has 0 aliphatic carbocycles. The van der Waals surface area contributed by atoms with Gasteiger partial charge in [-0.25, -0.2) is 0 Å². The average Bonchev–Trinajstić information content (AvgIpc) is 2.30. The molecule has 68 valence electrons. The first-order chi connectivity index (χ1) is 6.92. The van der Waals surface area contributed by atoms with Crippen LogP contribution in [0.3, 0.4) is 0 Å². The van der Waals surface area contributed by atoms with Gasteiger partial charge in [-0.2, -0.15) is 0 Å². The van der Waals surface area contributed by atoms with E-state index in [1.807, 2.05) is 54.6 Å². The van der Waals surface area contributed by atoms with E-state index in [0.29, 0.717) is 0 Å².